The Bertz CT molecular complexity index is 851. The van der Waals surface area contributed by atoms with E-state index in [1.54, 1.807) is 0 Å². The molecule has 0 bridgehead atoms. The van der Waals surface area contributed by atoms with Crippen molar-refractivity contribution >= 4 is 0 Å². The van der Waals surface area contributed by atoms with Crippen LogP contribution in [-0.4, -0.2) is 352 Å². The fourth-order valence-electron chi connectivity index (χ4n) is 6.00. The normalized spacial score (nSPS) is 13.2. The maximum absolute atomic E-state index is 2.72. The van der Waals surface area contributed by atoms with Crippen LogP contribution in [-0.2, 0) is 0 Å². The molecule has 0 aromatic rings. The molecule has 0 N–H and O–H groups in total. The van der Waals surface area contributed by atoms with Crippen molar-refractivity contribution < 1.29 is 0 Å². The average molecular weight is 801 g/mol. The van der Waals surface area contributed by atoms with Crippen LogP contribution in [0, 0.1) is 0 Å². The van der Waals surface area contributed by atoms with Gasteiger partial charge in [0.05, 0.1) is 0 Å². The standard InChI is InChI=1S/C42H100N14/c1-43(2)17-22-48(11)25-26-51(14)31-37-55(36-29-49(12)23-18-44(3)4)38-32-52(15)27-28-53(16)33-40-56(39-30-50(13)24-19-45(5)6)42-41-54(34-20-46(7)8)35-21-47(9)10/h17-42H2,1-16H3. The zero-order valence-corrected chi connectivity index (χ0v) is 40.6. The summed E-state index contributed by atoms with van der Waals surface area (Å²) in [5.74, 6) is 0. The number of rotatable bonds is 39. The maximum Gasteiger partial charge on any atom is 0.0110 e. The van der Waals surface area contributed by atoms with E-state index in [9.17, 15) is 0 Å². The van der Waals surface area contributed by atoms with Gasteiger partial charge in [0, 0.05) is 170 Å². The Balaban J connectivity index is 5.15. The van der Waals surface area contributed by atoms with Gasteiger partial charge in [0.1, 0.15) is 0 Å². The Hall–Kier alpha value is -0.560. The van der Waals surface area contributed by atoms with E-state index in [1.165, 1.54) is 0 Å². The summed E-state index contributed by atoms with van der Waals surface area (Å²) in [7, 11) is 35.5. The lowest BCUT2D eigenvalue weighted by Crippen LogP contribution is -2.45. The molecule has 0 aromatic carbocycles. The topological polar surface area (TPSA) is 45.4 Å². The highest BCUT2D eigenvalue weighted by atomic mass is 15.3. The van der Waals surface area contributed by atoms with Crippen LogP contribution in [0.15, 0.2) is 0 Å². The largest absolute Gasteiger partial charge is 0.308 e. The van der Waals surface area contributed by atoms with Crippen LogP contribution in [0.5, 0.6) is 0 Å². The predicted molar refractivity (Wildman–Crippen MR) is 247 cm³/mol. The molecule has 0 amide bonds. The second kappa shape index (κ2) is 34.2. The SMILES string of the molecule is CN(C)CCN(C)CCN(C)CCN(CCN(C)CCN(C)C)CCN(C)CCN(C)CCN(CCN(C)CCN(C)C)CCN(CCN(C)C)CCN(C)C. The third-order valence-corrected chi connectivity index (χ3v) is 11.0. The fourth-order valence-corrected chi connectivity index (χ4v) is 6.00. The monoisotopic (exact) mass is 801 g/mol. The highest BCUT2D eigenvalue weighted by Gasteiger charge is 2.15. The first-order chi connectivity index (χ1) is 26.4. The van der Waals surface area contributed by atoms with Gasteiger partial charge in [-0.2, -0.15) is 0 Å². The summed E-state index contributed by atoms with van der Waals surface area (Å²) in [6.45, 7) is 28.9. The van der Waals surface area contributed by atoms with E-state index in [-0.39, 0.29) is 0 Å². The molecular weight excluding hydrogens is 701 g/mol. The highest BCUT2D eigenvalue weighted by molar-refractivity contribution is 4.71. The van der Waals surface area contributed by atoms with Crippen molar-refractivity contribution in [3.8, 4) is 0 Å². The van der Waals surface area contributed by atoms with E-state index in [1.807, 2.05) is 0 Å². The molecule has 0 radical (unpaired) electrons. The molecule has 338 valence electrons. The first-order valence-electron chi connectivity index (χ1n) is 21.9. The van der Waals surface area contributed by atoms with E-state index < -0.39 is 0 Å². The highest BCUT2D eigenvalue weighted by Crippen LogP contribution is 2.00. The average Bonchev–Trinajstić information content (AvgIpc) is 3.13. The van der Waals surface area contributed by atoms with Gasteiger partial charge in [0.2, 0.25) is 0 Å². The van der Waals surface area contributed by atoms with Crippen LogP contribution < -0.4 is 0 Å². The van der Waals surface area contributed by atoms with Crippen LogP contribution in [0.25, 0.3) is 0 Å². The van der Waals surface area contributed by atoms with Crippen molar-refractivity contribution in [2.75, 3.05) is 283 Å². The summed E-state index contributed by atoms with van der Waals surface area (Å²) in [5.41, 5.74) is 0. The molecule has 0 saturated heterocycles. The van der Waals surface area contributed by atoms with Crippen molar-refractivity contribution in [2.45, 2.75) is 0 Å². The lowest BCUT2D eigenvalue weighted by atomic mass is 10.3. The lowest BCUT2D eigenvalue weighted by Gasteiger charge is -2.32. The molecule has 14 heteroatoms. The molecule has 0 spiro atoms. The Kier molecular flexibility index (Phi) is 33.8. The minimum absolute atomic E-state index is 1.10. The lowest BCUT2D eigenvalue weighted by molar-refractivity contribution is 0.150. The molecule has 14 nitrogen and oxygen atoms in total. The summed E-state index contributed by atoms with van der Waals surface area (Å²) in [6.07, 6.45) is 0. The van der Waals surface area contributed by atoms with Crippen molar-refractivity contribution in [2.24, 2.45) is 0 Å². The van der Waals surface area contributed by atoms with Crippen molar-refractivity contribution in [3.05, 3.63) is 0 Å². The molecule has 0 saturated carbocycles. The number of hydrogen-bond acceptors (Lipinski definition) is 14. The van der Waals surface area contributed by atoms with Crippen LogP contribution >= 0.6 is 0 Å². The molecule has 0 unspecified atom stereocenters. The number of likely N-dealkylation sites (N-methyl/N-ethyl adjacent to an activating group) is 11. The summed E-state index contributed by atoms with van der Waals surface area (Å²) in [4.78, 5) is 34.6. The zero-order chi connectivity index (χ0) is 42.5. The van der Waals surface area contributed by atoms with Crippen LogP contribution in [0.2, 0.25) is 0 Å². The Morgan fingerprint density at radius 2 is 0.250 bits per heavy atom. The summed E-state index contributed by atoms with van der Waals surface area (Å²) < 4.78 is 0. The molecule has 0 aliphatic rings. The van der Waals surface area contributed by atoms with Gasteiger partial charge >= 0.3 is 0 Å². The van der Waals surface area contributed by atoms with Gasteiger partial charge < -0.3 is 53.9 Å². The molecule has 0 fully saturated rings. The second-order valence-corrected chi connectivity index (χ2v) is 18.4. The maximum atomic E-state index is 2.72. The van der Waals surface area contributed by atoms with Crippen LogP contribution in [0.3, 0.4) is 0 Å². The Labute approximate surface area is 350 Å². The van der Waals surface area contributed by atoms with Gasteiger partial charge in [-0.15, -0.1) is 0 Å². The zero-order valence-electron chi connectivity index (χ0n) is 40.6. The van der Waals surface area contributed by atoms with Gasteiger partial charge in [-0.3, -0.25) is 14.7 Å². The van der Waals surface area contributed by atoms with E-state index >= 15 is 0 Å². The molecule has 0 heterocycles. The van der Waals surface area contributed by atoms with Gasteiger partial charge in [-0.25, -0.2) is 0 Å². The first kappa shape index (κ1) is 55.4. The smallest absolute Gasteiger partial charge is 0.0110 e. The van der Waals surface area contributed by atoms with E-state index in [4.69, 9.17) is 0 Å². The van der Waals surface area contributed by atoms with Gasteiger partial charge in [-0.05, 0) is 113 Å². The minimum atomic E-state index is 1.10. The third-order valence-electron chi connectivity index (χ3n) is 11.0. The number of hydrogen-bond donors (Lipinski definition) is 0. The van der Waals surface area contributed by atoms with Gasteiger partial charge in [-0.1, -0.05) is 0 Å². The third kappa shape index (κ3) is 35.4. The molecule has 0 aliphatic carbocycles. The Morgan fingerprint density at radius 3 is 0.429 bits per heavy atom. The van der Waals surface area contributed by atoms with E-state index in [2.05, 4.69) is 181 Å². The number of nitrogens with zero attached hydrogens (tertiary/aromatic N) is 14. The molecule has 0 rings (SSSR count). The Morgan fingerprint density at radius 1 is 0.143 bits per heavy atom. The van der Waals surface area contributed by atoms with E-state index in [0.29, 0.717) is 0 Å². The molecule has 0 aliphatic heterocycles. The molecule has 0 atom stereocenters. The summed E-state index contributed by atoms with van der Waals surface area (Å²) >= 11 is 0. The quantitative estimate of drug-likeness (QED) is 0.0788. The minimum Gasteiger partial charge on any atom is -0.308 e. The summed E-state index contributed by atoms with van der Waals surface area (Å²) in [5, 5.41) is 0. The first-order valence-corrected chi connectivity index (χ1v) is 21.9. The second-order valence-electron chi connectivity index (χ2n) is 18.4. The van der Waals surface area contributed by atoms with Crippen molar-refractivity contribution in [1.82, 2.24) is 68.6 Å². The van der Waals surface area contributed by atoms with Gasteiger partial charge in [0.25, 0.3) is 0 Å². The van der Waals surface area contributed by atoms with Crippen molar-refractivity contribution in [1.29, 1.82) is 0 Å². The van der Waals surface area contributed by atoms with Crippen molar-refractivity contribution in [3.63, 3.8) is 0 Å². The summed E-state index contributed by atoms with van der Waals surface area (Å²) in [6, 6.07) is 0. The van der Waals surface area contributed by atoms with E-state index in [0.717, 1.165) is 170 Å². The molecule has 56 heavy (non-hydrogen) atoms. The molecule has 0 aromatic heterocycles. The van der Waals surface area contributed by atoms with Gasteiger partial charge in [0.15, 0.2) is 0 Å². The predicted octanol–water partition coefficient (Wildman–Crippen LogP) is -0.709. The van der Waals surface area contributed by atoms with Crippen LogP contribution in [0.4, 0.5) is 0 Å². The fraction of sp³-hybridized carbons (Fsp3) is 1.00. The molecular formula is C42H100N14. The van der Waals surface area contributed by atoms with Crippen LogP contribution in [0.1, 0.15) is 0 Å².